The van der Waals surface area contributed by atoms with E-state index in [1.54, 1.807) is 7.11 Å². The molecule has 0 saturated carbocycles. The Morgan fingerprint density at radius 3 is 2.86 bits per heavy atom. The second kappa shape index (κ2) is 5.98. The van der Waals surface area contributed by atoms with E-state index in [-0.39, 0.29) is 11.8 Å². The summed E-state index contributed by atoms with van der Waals surface area (Å²) in [4.78, 5) is 11.6. The Morgan fingerprint density at radius 1 is 1.64 bits per heavy atom. The van der Waals surface area contributed by atoms with E-state index < -0.39 is 0 Å². The van der Waals surface area contributed by atoms with E-state index in [9.17, 15) is 4.79 Å². The molecule has 14 heavy (non-hydrogen) atoms. The number of carbonyl (C=O) groups is 1. The molecule has 1 saturated heterocycles. The van der Waals surface area contributed by atoms with Crippen LogP contribution in [0.3, 0.4) is 0 Å². The fourth-order valence-corrected chi connectivity index (χ4v) is 1.47. The average Bonchev–Trinajstić information content (AvgIpc) is 2.09. The summed E-state index contributed by atoms with van der Waals surface area (Å²) in [5.41, 5.74) is 0. The molecule has 4 nitrogen and oxygen atoms in total. The second-order valence-corrected chi connectivity index (χ2v) is 3.84. The van der Waals surface area contributed by atoms with Crippen LogP contribution in [-0.2, 0) is 9.53 Å². The molecule has 1 aliphatic rings. The summed E-state index contributed by atoms with van der Waals surface area (Å²) in [7, 11) is 1.67. The molecule has 0 spiro atoms. The lowest BCUT2D eigenvalue weighted by Gasteiger charge is -2.31. The SMILES string of the molecule is COCCCNC(=O)C(C)C1CNC1. The molecule has 1 rings (SSSR count). The molecule has 1 atom stereocenters. The van der Waals surface area contributed by atoms with E-state index in [1.165, 1.54) is 0 Å². The topological polar surface area (TPSA) is 50.4 Å². The maximum absolute atomic E-state index is 11.6. The number of nitrogens with one attached hydrogen (secondary N) is 2. The lowest BCUT2D eigenvalue weighted by molar-refractivity contribution is -0.126. The highest BCUT2D eigenvalue weighted by molar-refractivity contribution is 5.78. The van der Waals surface area contributed by atoms with Gasteiger partial charge in [0.2, 0.25) is 5.91 Å². The van der Waals surface area contributed by atoms with Gasteiger partial charge in [-0.15, -0.1) is 0 Å². The number of hydrogen-bond acceptors (Lipinski definition) is 3. The van der Waals surface area contributed by atoms with E-state index in [0.29, 0.717) is 12.5 Å². The van der Waals surface area contributed by atoms with Gasteiger partial charge in [-0.1, -0.05) is 6.92 Å². The summed E-state index contributed by atoms with van der Waals surface area (Å²) in [6, 6.07) is 0. The molecule has 0 bridgehead atoms. The number of methoxy groups -OCH3 is 1. The van der Waals surface area contributed by atoms with Crippen LogP contribution in [0.1, 0.15) is 13.3 Å². The summed E-state index contributed by atoms with van der Waals surface area (Å²) in [5.74, 6) is 0.837. The Balaban J connectivity index is 2.07. The van der Waals surface area contributed by atoms with E-state index >= 15 is 0 Å². The molecule has 1 heterocycles. The van der Waals surface area contributed by atoms with Crippen LogP contribution < -0.4 is 10.6 Å². The van der Waals surface area contributed by atoms with Gasteiger partial charge < -0.3 is 15.4 Å². The van der Waals surface area contributed by atoms with E-state index in [2.05, 4.69) is 10.6 Å². The summed E-state index contributed by atoms with van der Waals surface area (Å²) in [6.07, 6.45) is 0.887. The van der Waals surface area contributed by atoms with Crippen molar-refractivity contribution in [3.05, 3.63) is 0 Å². The fraction of sp³-hybridized carbons (Fsp3) is 0.900. The van der Waals surface area contributed by atoms with Gasteiger partial charge in [0.1, 0.15) is 0 Å². The van der Waals surface area contributed by atoms with Crippen LogP contribution in [0.25, 0.3) is 0 Å². The summed E-state index contributed by atoms with van der Waals surface area (Å²) < 4.78 is 4.90. The van der Waals surface area contributed by atoms with Gasteiger partial charge >= 0.3 is 0 Å². The fourth-order valence-electron chi connectivity index (χ4n) is 1.47. The van der Waals surface area contributed by atoms with Crippen molar-refractivity contribution in [1.82, 2.24) is 10.6 Å². The van der Waals surface area contributed by atoms with Crippen LogP contribution in [0.4, 0.5) is 0 Å². The van der Waals surface area contributed by atoms with Crippen molar-refractivity contribution < 1.29 is 9.53 Å². The monoisotopic (exact) mass is 200 g/mol. The van der Waals surface area contributed by atoms with Gasteiger partial charge in [0.15, 0.2) is 0 Å². The quantitative estimate of drug-likeness (QED) is 0.593. The first-order valence-electron chi connectivity index (χ1n) is 5.23. The number of ether oxygens (including phenoxy) is 1. The van der Waals surface area contributed by atoms with Gasteiger partial charge in [0.25, 0.3) is 0 Å². The van der Waals surface area contributed by atoms with Crippen LogP contribution >= 0.6 is 0 Å². The second-order valence-electron chi connectivity index (χ2n) is 3.84. The molecule has 1 fully saturated rings. The van der Waals surface area contributed by atoms with E-state index in [0.717, 1.165) is 26.1 Å². The highest BCUT2D eigenvalue weighted by atomic mass is 16.5. The predicted molar refractivity (Wildman–Crippen MR) is 55.0 cm³/mol. The minimum absolute atomic E-state index is 0.138. The Morgan fingerprint density at radius 2 is 2.36 bits per heavy atom. The smallest absolute Gasteiger partial charge is 0.223 e. The van der Waals surface area contributed by atoms with Crippen molar-refractivity contribution in [2.75, 3.05) is 33.4 Å². The van der Waals surface area contributed by atoms with Crippen molar-refractivity contribution >= 4 is 5.91 Å². The highest BCUT2D eigenvalue weighted by Gasteiger charge is 2.28. The zero-order valence-electron chi connectivity index (χ0n) is 9.01. The van der Waals surface area contributed by atoms with Crippen LogP contribution in [0.2, 0.25) is 0 Å². The number of rotatable bonds is 6. The molecule has 0 aromatic heterocycles. The Labute approximate surface area is 85.4 Å². The largest absolute Gasteiger partial charge is 0.385 e. The van der Waals surface area contributed by atoms with Crippen molar-refractivity contribution in [2.45, 2.75) is 13.3 Å². The van der Waals surface area contributed by atoms with Gasteiger partial charge in [0.05, 0.1) is 0 Å². The van der Waals surface area contributed by atoms with Crippen molar-refractivity contribution in [2.24, 2.45) is 11.8 Å². The van der Waals surface area contributed by atoms with Crippen LogP contribution in [-0.4, -0.2) is 39.3 Å². The van der Waals surface area contributed by atoms with E-state index in [4.69, 9.17) is 4.74 Å². The van der Waals surface area contributed by atoms with E-state index in [1.807, 2.05) is 6.92 Å². The third kappa shape index (κ3) is 3.27. The number of amides is 1. The average molecular weight is 200 g/mol. The summed E-state index contributed by atoms with van der Waals surface area (Å²) in [6.45, 7) is 5.38. The van der Waals surface area contributed by atoms with Gasteiger partial charge in [-0.05, 0) is 25.4 Å². The highest BCUT2D eigenvalue weighted by Crippen LogP contribution is 2.15. The molecule has 0 aliphatic carbocycles. The molecule has 1 unspecified atom stereocenters. The first-order valence-corrected chi connectivity index (χ1v) is 5.23. The molecule has 1 aliphatic heterocycles. The Kier molecular flexibility index (Phi) is 4.90. The first-order chi connectivity index (χ1) is 6.75. The van der Waals surface area contributed by atoms with Crippen molar-refractivity contribution in [1.29, 1.82) is 0 Å². The van der Waals surface area contributed by atoms with Crippen LogP contribution in [0, 0.1) is 11.8 Å². The van der Waals surface area contributed by atoms with Crippen molar-refractivity contribution in [3.8, 4) is 0 Å². The maximum atomic E-state index is 11.6. The molecule has 4 heteroatoms. The summed E-state index contributed by atoms with van der Waals surface area (Å²) in [5, 5.41) is 6.09. The minimum atomic E-state index is 0.138. The predicted octanol–water partition coefficient (Wildman–Crippen LogP) is -0.00540. The molecule has 1 amide bonds. The third-order valence-electron chi connectivity index (χ3n) is 2.76. The Hall–Kier alpha value is -0.610. The number of carbonyl (C=O) groups excluding carboxylic acids is 1. The molecule has 82 valence electrons. The molecular formula is C10H20N2O2. The Bertz CT molecular complexity index is 181. The summed E-state index contributed by atoms with van der Waals surface area (Å²) >= 11 is 0. The molecule has 0 aromatic rings. The zero-order valence-corrected chi connectivity index (χ0v) is 9.01. The first kappa shape index (κ1) is 11.5. The third-order valence-corrected chi connectivity index (χ3v) is 2.76. The standard InChI is InChI=1S/C10H20N2O2/c1-8(9-6-11-7-9)10(13)12-4-3-5-14-2/h8-9,11H,3-7H2,1-2H3,(H,12,13). The molecular weight excluding hydrogens is 180 g/mol. The molecule has 2 N–H and O–H groups in total. The van der Waals surface area contributed by atoms with Gasteiger partial charge in [-0.25, -0.2) is 0 Å². The lowest BCUT2D eigenvalue weighted by atomic mass is 9.88. The lowest BCUT2D eigenvalue weighted by Crippen LogP contribution is -2.49. The van der Waals surface area contributed by atoms with Gasteiger partial charge in [-0.3, -0.25) is 4.79 Å². The minimum Gasteiger partial charge on any atom is -0.385 e. The molecule has 0 aromatic carbocycles. The van der Waals surface area contributed by atoms with Crippen molar-refractivity contribution in [3.63, 3.8) is 0 Å². The van der Waals surface area contributed by atoms with Crippen LogP contribution in [0.5, 0.6) is 0 Å². The van der Waals surface area contributed by atoms with Crippen LogP contribution in [0.15, 0.2) is 0 Å². The van der Waals surface area contributed by atoms with Gasteiger partial charge in [0, 0.05) is 26.2 Å². The zero-order chi connectivity index (χ0) is 10.4. The van der Waals surface area contributed by atoms with Gasteiger partial charge in [-0.2, -0.15) is 0 Å². The normalized spacial score (nSPS) is 18.7. The maximum Gasteiger partial charge on any atom is 0.223 e. The molecule has 0 radical (unpaired) electrons. The number of hydrogen-bond donors (Lipinski definition) is 2.